The summed E-state index contributed by atoms with van der Waals surface area (Å²) in [5.74, 6) is -0.785. The summed E-state index contributed by atoms with van der Waals surface area (Å²) >= 11 is 0. The van der Waals surface area contributed by atoms with Crippen molar-refractivity contribution in [2.45, 2.75) is 19.9 Å². The van der Waals surface area contributed by atoms with E-state index in [1.54, 1.807) is 0 Å². The predicted octanol–water partition coefficient (Wildman–Crippen LogP) is 3.95. The van der Waals surface area contributed by atoms with E-state index < -0.39 is 17.9 Å². The molecular formula is C30H29N3O5. The lowest BCUT2D eigenvalue weighted by molar-refractivity contribution is -0.149. The number of carbonyl (C=O) groups excluding carboxylic acids is 2. The van der Waals surface area contributed by atoms with Gasteiger partial charge in [-0.3, -0.25) is 4.79 Å². The van der Waals surface area contributed by atoms with Crippen LogP contribution in [0.25, 0.3) is 33.0 Å². The number of benzene rings is 2. The van der Waals surface area contributed by atoms with E-state index in [9.17, 15) is 9.59 Å². The fourth-order valence-corrected chi connectivity index (χ4v) is 6.55. The van der Waals surface area contributed by atoms with Crippen LogP contribution in [-0.2, 0) is 39.1 Å². The summed E-state index contributed by atoms with van der Waals surface area (Å²) in [6, 6.07) is 16.2. The Bertz CT molecular complexity index is 1670. The van der Waals surface area contributed by atoms with Gasteiger partial charge in [-0.25, -0.2) is 9.59 Å². The van der Waals surface area contributed by atoms with Gasteiger partial charge in [-0.05, 0) is 37.4 Å². The van der Waals surface area contributed by atoms with E-state index in [0.29, 0.717) is 23.0 Å². The molecule has 4 aromatic rings. The average Bonchev–Trinajstić information content (AvgIpc) is 3.57. The number of esters is 2. The van der Waals surface area contributed by atoms with E-state index in [-0.39, 0.29) is 0 Å². The van der Waals surface area contributed by atoms with Gasteiger partial charge in [0.15, 0.2) is 0 Å². The van der Waals surface area contributed by atoms with Gasteiger partial charge in [-0.15, -0.1) is 0 Å². The molecule has 2 aromatic heterocycles. The largest absolute Gasteiger partial charge is 0.481 e. The Morgan fingerprint density at radius 3 is 2.21 bits per heavy atom. The molecular weight excluding hydrogens is 482 g/mol. The Morgan fingerprint density at radius 1 is 0.868 bits per heavy atom. The van der Waals surface area contributed by atoms with Gasteiger partial charge >= 0.3 is 11.9 Å². The van der Waals surface area contributed by atoms with E-state index >= 15 is 0 Å². The van der Waals surface area contributed by atoms with Crippen LogP contribution in [0.4, 0.5) is 0 Å². The standard InChI is InChI=1S/C28H25N3O3.C2H4O2/c1-29-12-16-11-23-24(19-8-4-6-10-22(19)31(23)14-17(16)13-29)26-25(27(32)34-28(26)33)20-15-30(2)21-9-5-3-7-18(20)21;1-2(3)4/h3-10,15-17H,11-14H2,1-2H3;1H3,(H,3,4)/t16-,17-;/m1./s1. The highest BCUT2D eigenvalue weighted by atomic mass is 16.6. The minimum Gasteiger partial charge on any atom is -0.481 e. The fraction of sp³-hybridized carbons (Fsp3) is 0.300. The number of likely N-dealkylation sites (tertiary alicyclic amines) is 1. The van der Waals surface area contributed by atoms with E-state index in [1.165, 1.54) is 0 Å². The molecule has 8 heteroatoms. The van der Waals surface area contributed by atoms with Crippen molar-refractivity contribution < 1.29 is 24.2 Å². The van der Waals surface area contributed by atoms with Crippen LogP contribution >= 0.6 is 0 Å². The molecule has 38 heavy (non-hydrogen) atoms. The molecule has 3 aliphatic heterocycles. The number of para-hydroxylation sites is 2. The number of carbonyl (C=O) groups is 3. The van der Waals surface area contributed by atoms with Gasteiger partial charge in [0.2, 0.25) is 0 Å². The minimum atomic E-state index is -0.833. The van der Waals surface area contributed by atoms with Crippen molar-refractivity contribution in [2.75, 3.05) is 20.1 Å². The first-order valence-corrected chi connectivity index (χ1v) is 12.8. The van der Waals surface area contributed by atoms with E-state index in [0.717, 1.165) is 71.6 Å². The number of carboxylic acid groups (broad SMARTS) is 1. The lowest BCUT2D eigenvalue weighted by Gasteiger charge is -2.28. The highest BCUT2D eigenvalue weighted by molar-refractivity contribution is 6.47. The fourth-order valence-electron chi connectivity index (χ4n) is 6.55. The zero-order chi connectivity index (χ0) is 26.7. The molecule has 194 valence electrons. The molecule has 0 radical (unpaired) electrons. The van der Waals surface area contributed by atoms with Crippen LogP contribution in [0.5, 0.6) is 0 Å². The third-order valence-corrected chi connectivity index (χ3v) is 7.97. The molecule has 2 aromatic carbocycles. The van der Waals surface area contributed by atoms with Crippen molar-refractivity contribution in [1.82, 2.24) is 14.0 Å². The zero-order valence-electron chi connectivity index (χ0n) is 21.6. The Hall–Kier alpha value is -4.17. The molecule has 3 aliphatic rings. The highest BCUT2D eigenvalue weighted by Gasteiger charge is 2.42. The molecule has 1 saturated heterocycles. The Kier molecular flexibility index (Phi) is 5.72. The van der Waals surface area contributed by atoms with Gasteiger partial charge in [0, 0.05) is 78.4 Å². The van der Waals surface area contributed by atoms with Gasteiger partial charge in [0.1, 0.15) is 0 Å². The van der Waals surface area contributed by atoms with Crippen molar-refractivity contribution >= 4 is 50.9 Å². The topological polar surface area (TPSA) is 93.8 Å². The summed E-state index contributed by atoms with van der Waals surface area (Å²) in [4.78, 5) is 37.8. The van der Waals surface area contributed by atoms with Crippen LogP contribution in [0.3, 0.4) is 0 Å². The third kappa shape index (κ3) is 3.75. The number of rotatable bonds is 2. The van der Waals surface area contributed by atoms with Crippen LogP contribution in [0.15, 0.2) is 54.7 Å². The molecule has 0 amide bonds. The second-order valence-electron chi connectivity index (χ2n) is 10.5. The van der Waals surface area contributed by atoms with Crippen LogP contribution in [0, 0.1) is 11.8 Å². The molecule has 7 rings (SSSR count). The number of nitrogens with zero attached hydrogens (tertiary/aromatic N) is 3. The van der Waals surface area contributed by atoms with E-state index in [2.05, 4.69) is 28.6 Å². The number of ether oxygens (including phenoxy) is 1. The molecule has 8 nitrogen and oxygen atoms in total. The number of aliphatic carboxylic acids is 1. The number of carboxylic acids is 1. The summed E-state index contributed by atoms with van der Waals surface area (Å²) in [5, 5.41) is 9.38. The van der Waals surface area contributed by atoms with Gasteiger partial charge in [0.25, 0.3) is 5.97 Å². The minimum absolute atomic E-state index is 0.381. The second kappa shape index (κ2) is 8.99. The number of hydrogen-bond donors (Lipinski definition) is 1. The normalized spacial score (nSPS) is 20.9. The van der Waals surface area contributed by atoms with Crippen molar-refractivity contribution in [3.05, 3.63) is 71.5 Å². The molecule has 0 saturated carbocycles. The van der Waals surface area contributed by atoms with Crippen LogP contribution < -0.4 is 0 Å². The lowest BCUT2D eigenvalue weighted by atomic mass is 9.85. The Morgan fingerprint density at radius 2 is 1.47 bits per heavy atom. The smallest absolute Gasteiger partial charge is 0.347 e. The van der Waals surface area contributed by atoms with E-state index in [1.807, 2.05) is 54.2 Å². The Labute approximate surface area is 219 Å². The maximum Gasteiger partial charge on any atom is 0.347 e. The predicted molar refractivity (Wildman–Crippen MR) is 144 cm³/mol. The number of fused-ring (bicyclic) bond motifs is 5. The summed E-state index contributed by atoms with van der Waals surface area (Å²) in [7, 11) is 4.14. The number of hydrogen-bond acceptors (Lipinski definition) is 5. The molecule has 0 bridgehead atoms. The monoisotopic (exact) mass is 511 g/mol. The number of cyclic esters (lactones) is 2. The van der Waals surface area contributed by atoms with Crippen molar-refractivity contribution in [3.63, 3.8) is 0 Å². The third-order valence-electron chi connectivity index (χ3n) is 7.97. The highest BCUT2D eigenvalue weighted by Crippen LogP contribution is 2.45. The van der Waals surface area contributed by atoms with Crippen molar-refractivity contribution in [2.24, 2.45) is 18.9 Å². The maximum absolute atomic E-state index is 13.3. The van der Waals surface area contributed by atoms with Crippen LogP contribution in [0.1, 0.15) is 23.7 Å². The van der Waals surface area contributed by atoms with Crippen molar-refractivity contribution in [3.8, 4) is 0 Å². The number of aryl methyl sites for hydroxylation is 1. The molecule has 2 atom stereocenters. The quantitative estimate of drug-likeness (QED) is 0.324. The summed E-state index contributed by atoms with van der Waals surface area (Å²) < 4.78 is 9.67. The summed E-state index contributed by atoms with van der Waals surface area (Å²) in [5.41, 5.74) is 5.71. The van der Waals surface area contributed by atoms with Gasteiger partial charge in [-0.1, -0.05) is 36.4 Å². The first kappa shape index (κ1) is 24.2. The molecule has 0 aliphatic carbocycles. The van der Waals surface area contributed by atoms with Gasteiger partial charge in [0.05, 0.1) is 11.1 Å². The van der Waals surface area contributed by atoms with Crippen LogP contribution in [-0.4, -0.2) is 57.2 Å². The van der Waals surface area contributed by atoms with Gasteiger partial charge < -0.3 is 23.9 Å². The maximum atomic E-state index is 13.3. The second-order valence-corrected chi connectivity index (χ2v) is 10.5. The SMILES string of the molecule is CC(=O)O.CN1C[C@H]2Cc3c(C4=C(c5cn(C)c6ccccc56)C(=O)OC4=O)c4ccccc4n3C[C@H]2C1. The van der Waals surface area contributed by atoms with Gasteiger partial charge in [-0.2, -0.15) is 0 Å². The molecule has 1 fully saturated rings. The van der Waals surface area contributed by atoms with Crippen LogP contribution in [0.2, 0.25) is 0 Å². The molecule has 1 N–H and O–H groups in total. The summed E-state index contributed by atoms with van der Waals surface area (Å²) in [6.45, 7) is 4.17. The molecule has 5 heterocycles. The molecule has 0 spiro atoms. The first-order chi connectivity index (χ1) is 18.2. The van der Waals surface area contributed by atoms with Crippen molar-refractivity contribution in [1.29, 1.82) is 0 Å². The lowest BCUT2D eigenvalue weighted by Crippen LogP contribution is -2.28. The van der Waals surface area contributed by atoms with E-state index in [4.69, 9.17) is 14.6 Å². The average molecular weight is 512 g/mol. The summed E-state index contributed by atoms with van der Waals surface area (Å²) in [6.07, 6.45) is 2.83. The number of aromatic nitrogens is 2. The first-order valence-electron chi connectivity index (χ1n) is 12.8. The zero-order valence-corrected chi connectivity index (χ0v) is 21.6. The Balaban J connectivity index is 0.000000620. The molecule has 0 unspecified atom stereocenters.